The summed E-state index contributed by atoms with van der Waals surface area (Å²) >= 11 is 0. The number of hydrogen-bond acceptors (Lipinski definition) is 4. The van der Waals surface area contributed by atoms with E-state index in [1.165, 1.54) is 68.9 Å². The molecule has 7 heteroatoms. The van der Waals surface area contributed by atoms with E-state index in [0.717, 1.165) is 18.4 Å². The second-order valence-corrected chi connectivity index (χ2v) is 8.41. The van der Waals surface area contributed by atoms with Crippen molar-refractivity contribution in [2.24, 2.45) is 0 Å². The normalized spacial score (nSPS) is 11.1. The summed E-state index contributed by atoms with van der Waals surface area (Å²) in [5, 5.41) is 11.8. The zero-order chi connectivity index (χ0) is 20.4. The molecule has 0 spiro atoms. The van der Waals surface area contributed by atoms with E-state index in [0.29, 0.717) is 12.2 Å². The molecule has 29 heavy (non-hydrogen) atoms. The van der Waals surface area contributed by atoms with Gasteiger partial charge in [-0.3, -0.25) is 4.55 Å². The van der Waals surface area contributed by atoms with E-state index in [4.69, 9.17) is 4.74 Å². The molecule has 0 amide bonds. The fourth-order valence-electron chi connectivity index (χ4n) is 3.17. The predicted molar refractivity (Wildman–Crippen MR) is 109 cm³/mol. The standard InChI is InChI=1S/C22H30O5S.Na/c1-2-3-4-5-6-7-8-9-12-18-17-19(23)15-16-20(18)27-21-13-10-11-14-22(21)28(24,25)26;/h10-11,13-17,23H,2-9,12H2,1H3,(H,24,25,26);/q;+1/p-1. The summed E-state index contributed by atoms with van der Waals surface area (Å²) in [7, 11) is -4.40. The van der Waals surface area contributed by atoms with Crippen molar-refractivity contribution in [2.45, 2.75) is 69.6 Å². The molecule has 0 aliphatic rings. The van der Waals surface area contributed by atoms with Gasteiger partial charge in [-0.25, -0.2) is 0 Å². The smallest absolute Gasteiger partial charge is 0.872 e. The Hall–Kier alpha value is -1.05. The fourth-order valence-corrected chi connectivity index (χ4v) is 3.78. The van der Waals surface area contributed by atoms with Crippen molar-refractivity contribution in [3.05, 3.63) is 48.0 Å². The summed E-state index contributed by atoms with van der Waals surface area (Å²) in [4.78, 5) is -0.292. The predicted octanol–water partition coefficient (Wildman–Crippen LogP) is 2.49. The number of aryl methyl sites for hydroxylation is 1. The van der Waals surface area contributed by atoms with Gasteiger partial charge in [-0.2, -0.15) is 8.42 Å². The first-order chi connectivity index (χ1) is 13.4. The monoisotopic (exact) mass is 428 g/mol. The molecule has 0 heterocycles. The molecule has 2 aromatic rings. The average Bonchev–Trinajstić information content (AvgIpc) is 2.65. The van der Waals surface area contributed by atoms with Crippen LogP contribution in [0.3, 0.4) is 0 Å². The zero-order valence-electron chi connectivity index (χ0n) is 17.4. The molecule has 0 unspecified atom stereocenters. The number of rotatable bonds is 12. The van der Waals surface area contributed by atoms with Gasteiger partial charge in [0.15, 0.2) is 0 Å². The maximum absolute atomic E-state index is 11.8. The van der Waals surface area contributed by atoms with Crippen LogP contribution < -0.4 is 39.4 Å². The number of hydrogen-bond donors (Lipinski definition) is 1. The van der Waals surface area contributed by atoms with Crippen LogP contribution in [0.1, 0.15) is 63.9 Å². The largest absolute Gasteiger partial charge is 1.00 e. The minimum atomic E-state index is -4.40. The van der Waals surface area contributed by atoms with Crippen LogP contribution in [-0.4, -0.2) is 13.0 Å². The third kappa shape index (κ3) is 9.09. The van der Waals surface area contributed by atoms with Crippen molar-refractivity contribution in [1.29, 1.82) is 0 Å². The topological polar surface area (TPSA) is 86.7 Å². The molecule has 1 N–H and O–H groups in total. The third-order valence-electron chi connectivity index (χ3n) is 4.68. The SMILES string of the molecule is CCCCCCCCCCc1cc([O-])ccc1Oc1ccccc1S(=O)(=O)O.[Na+]. The van der Waals surface area contributed by atoms with E-state index in [-0.39, 0.29) is 46.0 Å². The van der Waals surface area contributed by atoms with Crippen LogP contribution >= 0.6 is 0 Å². The van der Waals surface area contributed by atoms with Gasteiger partial charge >= 0.3 is 29.6 Å². The molecule has 5 nitrogen and oxygen atoms in total. The first-order valence-electron chi connectivity index (χ1n) is 9.96. The molecular weight excluding hydrogens is 399 g/mol. The Morgan fingerprint density at radius 3 is 2.17 bits per heavy atom. The van der Waals surface area contributed by atoms with Gasteiger partial charge in [-0.1, -0.05) is 76.1 Å². The van der Waals surface area contributed by atoms with E-state index < -0.39 is 10.1 Å². The number of benzene rings is 2. The van der Waals surface area contributed by atoms with Crippen LogP contribution in [0.5, 0.6) is 17.2 Å². The third-order valence-corrected chi connectivity index (χ3v) is 5.57. The molecule has 0 saturated carbocycles. The van der Waals surface area contributed by atoms with Gasteiger partial charge in [0, 0.05) is 0 Å². The van der Waals surface area contributed by atoms with E-state index >= 15 is 0 Å². The molecule has 0 radical (unpaired) electrons. The molecule has 0 fully saturated rings. The molecule has 154 valence electrons. The Labute approximate surface area is 196 Å². The van der Waals surface area contributed by atoms with Gasteiger partial charge in [0.2, 0.25) is 0 Å². The van der Waals surface area contributed by atoms with Crippen LogP contribution in [0.4, 0.5) is 0 Å². The Bertz CT molecular complexity index is 852. The number of ether oxygens (including phenoxy) is 1. The second-order valence-electron chi connectivity index (χ2n) is 7.02. The zero-order valence-corrected chi connectivity index (χ0v) is 20.2. The van der Waals surface area contributed by atoms with Crippen molar-refractivity contribution in [3.8, 4) is 17.2 Å². The van der Waals surface area contributed by atoms with Crippen molar-refractivity contribution >= 4 is 10.1 Å². The van der Waals surface area contributed by atoms with E-state index in [9.17, 15) is 18.1 Å². The summed E-state index contributed by atoms with van der Waals surface area (Å²) in [6.45, 7) is 2.21. The Morgan fingerprint density at radius 2 is 1.52 bits per heavy atom. The maximum atomic E-state index is 11.8. The average molecular weight is 429 g/mol. The maximum Gasteiger partial charge on any atom is 1.00 e. The second kappa shape index (κ2) is 13.3. The van der Waals surface area contributed by atoms with Crippen LogP contribution in [0.2, 0.25) is 0 Å². The Kier molecular flexibility index (Phi) is 11.9. The van der Waals surface area contributed by atoms with E-state index in [1.807, 2.05) is 0 Å². The fraction of sp³-hybridized carbons (Fsp3) is 0.455. The quantitative estimate of drug-likeness (QED) is 0.319. The van der Waals surface area contributed by atoms with Crippen LogP contribution in [0, 0.1) is 0 Å². The van der Waals surface area contributed by atoms with Crippen molar-refractivity contribution < 1.29 is 52.4 Å². The molecule has 2 aromatic carbocycles. The van der Waals surface area contributed by atoms with E-state index in [1.54, 1.807) is 12.1 Å². The number of unbranched alkanes of at least 4 members (excludes halogenated alkanes) is 7. The molecular formula is C22H29NaO5S. The summed E-state index contributed by atoms with van der Waals surface area (Å²) in [5.41, 5.74) is 0.753. The van der Waals surface area contributed by atoms with Gasteiger partial charge < -0.3 is 9.84 Å². The summed E-state index contributed by atoms with van der Waals surface area (Å²) < 4.78 is 38.2. The van der Waals surface area contributed by atoms with Gasteiger partial charge in [0.25, 0.3) is 10.1 Å². The van der Waals surface area contributed by atoms with Gasteiger partial charge in [0.05, 0.1) is 0 Å². The van der Waals surface area contributed by atoms with Crippen LogP contribution in [0.25, 0.3) is 0 Å². The van der Waals surface area contributed by atoms with Crippen LogP contribution in [-0.2, 0) is 16.5 Å². The molecule has 0 atom stereocenters. The van der Waals surface area contributed by atoms with Crippen molar-refractivity contribution in [2.75, 3.05) is 0 Å². The molecule has 0 saturated heterocycles. The van der Waals surface area contributed by atoms with Gasteiger partial charge in [-0.05, 0) is 36.6 Å². The minimum absolute atomic E-state index is 0. The first kappa shape index (κ1) is 26.0. The van der Waals surface area contributed by atoms with E-state index in [2.05, 4.69) is 6.92 Å². The van der Waals surface area contributed by atoms with Crippen LogP contribution in [0.15, 0.2) is 47.4 Å². The van der Waals surface area contributed by atoms with Crippen molar-refractivity contribution in [1.82, 2.24) is 0 Å². The summed E-state index contributed by atoms with van der Waals surface area (Å²) in [6, 6.07) is 10.4. The molecule has 0 bridgehead atoms. The number of para-hydroxylation sites is 1. The molecule has 0 aliphatic carbocycles. The van der Waals surface area contributed by atoms with Gasteiger partial charge in [0.1, 0.15) is 16.4 Å². The summed E-state index contributed by atoms with van der Waals surface area (Å²) in [6.07, 6.45) is 10.2. The van der Waals surface area contributed by atoms with Gasteiger partial charge in [-0.15, -0.1) is 5.75 Å². The molecule has 0 aromatic heterocycles. The Balaban J connectivity index is 0.00000420. The van der Waals surface area contributed by atoms with Crippen molar-refractivity contribution in [3.63, 3.8) is 0 Å². The molecule has 0 aliphatic heterocycles. The first-order valence-corrected chi connectivity index (χ1v) is 11.4. The Morgan fingerprint density at radius 1 is 0.897 bits per heavy atom. The minimum Gasteiger partial charge on any atom is -0.872 e. The summed E-state index contributed by atoms with van der Waals surface area (Å²) in [5.74, 6) is 0.379. The molecule has 2 rings (SSSR count).